The highest BCUT2D eigenvalue weighted by molar-refractivity contribution is 6.21. The molecule has 158 valence electrons. The standard InChI is InChI=1S/C26H25NO4/c1-31-26(30)23-17-18(19-12-6-4-7-13-20(19)23)11-5-2-3-10-16-27-24(28)21-14-8-9-15-22(21)25(27)29/h4,6-9,12-15,17H,2-3,5,10-11,16H2,1H3. The normalized spacial score (nSPS) is 13.0. The maximum absolute atomic E-state index is 12.4. The third-order valence-corrected chi connectivity index (χ3v) is 5.85. The summed E-state index contributed by atoms with van der Waals surface area (Å²) >= 11 is 0. The van der Waals surface area contributed by atoms with Crippen molar-refractivity contribution in [3.8, 4) is 11.1 Å². The molecule has 0 saturated carbocycles. The topological polar surface area (TPSA) is 63.7 Å². The van der Waals surface area contributed by atoms with Gasteiger partial charge in [0.15, 0.2) is 0 Å². The van der Waals surface area contributed by atoms with Gasteiger partial charge in [-0.1, -0.05) is 55.3 Å². The zero-order chi connectivity index (χ0) is 21.8. The van der Waals surface area contributed by atoms with E-state index in [-0.39, 0.29) is 17.8 Å². The number of fused-ring (bicyclic) bond motifs is 2. The van der Waals surface area contributed by atoms with E-state index in [0.29, 0.717) is 23.2 Å². The number of imide groups is 1. The summed E-state index contributed by atoms with van der Waals surface area (Å²) in [6.45, 7) is 0.452. The number of aryl methyl sites for hydroxylation is 1. The quantitative estimate of drug-likeness (QED) is 0.296. The first-order valence-corrected chi connectivity index (χ1v) is 10.7. The van der Waals surface area contributed by atoms with Gasteiger partial charge >= 0.3 is 5.97 Å². The largest absolute Gasteiger partial charge is 0.465 e. The van der Waals surface area contributed by atoms with E-state index in [0.717, 1.165) is 48.8 Å². The van der Waals surface area contributed by atoms with Crippen molar-refractivity contribution < 1.29 is 19.1 Å². The minimum atomic E-state index is -0.316. The van der Waals surface area contributed by atoms with E-state index < -0.39 is 0 Å². The number of carbonyl (C=O) groups excluding carboxylic acids is 3. The van der Waals surface area contributed by atoms with Gasteiger partial charge in [-0.15, -0.1) is 0 Å². The smallest absolute Gasteiger partial charge is 0.338 e. The summed E-state index contributed by atoms with van der Waals surface area (Å²) in [5.41, 5.74) is 4.76. The molecule has 0 radical (unpaired) electrons. The highest BCUT2D eigenvalue weighted by atomic mass is 16.5. The first-order valence-electron chi connectivity index (χ1n) is 10.7. The van der Waals surface area contributed by atoms with Crippen molar-refractivity contribution in [2.24, 2.45) is 0 Å². The number of carbonyl (C=O) groups is 3. The monoisotopic (exact) mass is 415 g/mol. The lowest BCUT2D eigenvalue weighted by molar-refractivity contribution is 0.0599. The van der Waals surface area contributed by atoms with Gasteiger partial charge < -0.3 is 4.74 Å². The summed E-state index contributed by atoms with van der Waals surface area (Å²) in [5, 5.41) is 0. The minimum absolute atomic E-state index is 0.188. The van der Waals surface area contributed by atoms with Crippen molar-refractivity contribution in [2.45, 2.75) is 32.1 Å². The molecule has 0 N–H and O–H groups in total. The Bertz CT molecular complexity index is 1070. The highest BCUT2D eigenvalue weighted by Crippen LogP contribution is 2.33. The van der Waals surface area contributed by atoms with Crippen LogP contribution >= 0.6 is 0 Å². The number of hydrogen-bond acceptors (Lipinski definition) is 4. The molecule has 4 rings (SSSR count). The first kappa shape index (κ1) is 20.8. The van der Waals surface area contributed by atoms with Crippen LogP contribution in [0.25, 0.3) is 11.1 Å². The fraction of sp³-hybridized carbons (Fsp3) is 0.269. The van der Waals surface area contributed by atoms with Crippen LogP contribution in [0.1, 0.15) is 62.3 Å². The average molecular weight is 415 g/mol. The Balaban J connectivity index is 1.30. The average Bonchev–Trinajstić information content (AvgIpc) is 3.11. The van der Waals surface area contributed by atoms with E-state index in [1.807, 2.05) is 36.4 Å². The molecule has 31 heavy (non-hydrogen) atoms. The van der Waals surface area contributed by atoms with Crippen LogP contribution in [0.5, 0.6) is 0 Å². The third-order valence-electron chi connectivity index (χ3n) is 5.85. The summed E-state index contributed by atoms with van der Waals surface area (Å²) in [6, 6.07) is 18.8. The molecule has 0 fully saturated rings. The molecule has 1 aromatic rings. The van der Waals surface area contributed by atoms with Crippen molar-refractivity contribution in [1.29, 1.82) is 0 Å². The Kier molecular flexibility index (Phi) is 6.12. The molecular weight excluding hydrogens is 390 g/mol. The first-order chi connectivity index (χ1) is 15.1. The van der Waals surface area contributed by atoms with Gasteiger partial charge in [0.2, 0.25) is 0 Å². The van der Waals surface area contributed by atoms with Gasteiger partial charge in [-0.05, 0) is 54.2 Å². The Labute approximate surface area is 182 Å². The van der Waals surface area contributed by atoms with Crippen LogP contribution in [0, 0.1) is 0 Å². The molecule has 0 saturated heterocycles. The lowest BCUT2D eigenvalue weighted by atomic mass is 10.0. The molecule has 5 nitrogen and oxygen atoms in total. The van der Waals surface area contributed by atoms with Crippen molar-refractivity contribution >= 4 is 17.8 Å². The summed E-state index contributed by atoms with van der Waals surface area (Å²) in [6.07, 6.45) is 4.55. The molecule has 0 unspecified atom stereocenters. The van der Waals surface area contributed by atoms with Crippen LogP contribution in [-0.4, -0.2) is 36.3 Å². The number of rotatable bonds is 8. The number of ether oxygens (including phenoxy) is 1. The van der Waals surface area contributed by atoms with Crippen LogP contribution in [0.4, 0.5) is 0 Å². The van der Waals surface area contributed by atoms with Crippen LogP contribution in [0.3, 0.4) is 0 Å². The predicted octanol–water partition coefficient (Wildman–Crippen LogP) is 4.98. The molecule has 1 heterocycles. The SMILES string of the molecule is COC(=O)c1cc(CCCCCCN2C(=O)c3ccccc3C2=O)c2cccccc1-2. The van der Waals surface area contributed by atoms with Gasteiger partial charge in [0.05, 0.1) is 23.8 Å². The van der Waals surface area contributed by atoms with Crippen LogP contribution in [-0.2, 0) is 11.2 Å². The molecule has 1 aliphatic heterocycles. The molecule has 0 aromatic heterocycles. The number of benzene rings is 1. The molecule has 2 aliphatic carbocycles. The number of amides is 2. The van der Waals surface area contributed by atoms with Crippen LogP contribution in [0.15, 0.2) is 60.7 Å². The summed E-state index contributed by atoms with van der Waals surface area (Å²) in [5.74, 6) is -0.692. The second kappa shape index (κ2) is 9.13. The summed E-state index contributed by atoms with van der Waals surface area (Å²) < 4.78 is 4.94. The number of unbranched alkanes of at least 4 members (excludes halogenated alkanes) is 3. The maximum Gasteiger partial charge on any atom is 0.338 e. The maximum atomic E-state index is 12.4. The summed E-state index contributed by atoms with van der Waals surface area (Å²) in [7, 11) is 1.40. The predicted molar refractivity (Wildman–Crippen MR) is 118 cm³/mol. The van der Waals surface area contributed by atoms with Crippen molar-refractivity contribution in [2.75, 3.05) is 13.7 Å². The van der Waals surface area contributed by atoms with Gasteiger partial charge in [0.1, 0.15) is 0 Å². The molecule has 1 aromatic carbocycles. The van der Waals surface area contributed by atoms with Crippen molar-refractivity contribution in [3.63, 3.8) is 0 Å². The molecule has 2 amide bonds. The van der Waals surface area contributed by atoms with Crippen molar-refractivity contribution in [3.05, 3.63) is 82.9 Å². The molecular formula is C26H25NO4. The van der Waals surface area contributed by atoms with E-state index >= 15 is 0 Å². The van der Waals surface area contributed by atoms with E-state index in [1.54, 1.807) is 24.3 Å². The third kappa shape index (κ3) is 4.08. The number of nitrogens with zero attached hydrogens (tertiary/aromatic N) is 1. The zero-order valence-electron chi connectivity index (χ0n) is 17.6. The van der Waals surface area contributed by atoms with E-state index in [4.69, 9.17) is 4.74 Å². The Morgan fingerprint density at radius 1 is 0.774 bits per heavy atom. The van der Waals surface area contributed by atoms with Gasteiger partial charge in [0, 0.05) is 6.54 Å². The van der Waals surface area contributed by atoms with Crippen LogP contribution in [0.2, 0.25) is 0 Å². The highest BCUT2D eigenvalue weighted by Gasteiger charge is 2.34. The lowest BCUT2D eigenvalue weighted by Crippen LogP contribution is -2.30. The lowest BCUT2D eigenvalue weighted by Gasteiger charge is -2.13. The fourth-order valence-electron chi connectivity index (χ4n) is 4.26. The van der Waals surface area contributed by atoms with E-state index in [9.17, 15) is 14.4 Å². The van der Waals surface area contributed by atoms with Gasteiger partial charge in [-0.25, -0.2) is 4.79 Å². The fourth-order valence-corrected chi connectivity index (χ4v) is 4.26. The summed E-state index contributed by atoms with van der Waals surface area (Å²) in [4.78, 5) is 38.3. The molecule has 0 atom stereocenters. The Hall–Kier alpha value is -3.47. The van der Waals surface area contributed by atoms with Crippen LogP contribution < -0.4 is 0 Å². The van der Waals surface area contributed by atoms with E-state index in [2.05, 4.69) is 0 Å². The molecule has 5 heteroatoms. The van der Waals surface area contributed by atoms with E-state index in [1.165, 1.54) is 12.0 Å². The van der Waals surface area contributed by atoms with Gasteiger partial charge in [-0.2, -0.15) is 0 Å². The molecule has 0 spiro atoms. The molecule has 3 aliphatic rings. The molecule has 0 bridgehead atoms. The second-order valence-electron chi connectivity index (χ2n) is 7.78. The number of esters is 1. The minimum Gasteiger partial charge on any atom is -0.465 e. The van der Waals surface area contributed by atoms with Gasteiger partial charge in [-0.3, -0.25) is 14.5 Å². The Morgan fingerprint density at radius 3 is 2.03 bits per heavy atom. The van der Waals surface area contributed by atoms with Crippen molar-refractivity contribution in [1.82, 2.24) is 4.90 Å². The number of hydrogen-bond donors (Lipinski definition) is 0. The second-order valence-corrected chi connectivity index (χ2v) is 7.78. The zero-order valence-corrected chi connectivity index (χ0v) is 17.6. The number of methoxy groups -OCH3 is 1. The Morgan fingerprint density at radius 2 is 1.35 bits per heavy atom. The van der Waals surface area contributed by atoms with Gasteiger partial charge in [0.25, 0.3) is 11.8 Å².